The molecule has 0 aromatic heterocycles. The average molecular weight is 465 g/mol. The molecule has 1 heterocycles. The molecular weight excluding hydrogens is 450 g/mol. The molecule has 1 saturated heterocycles. The van der Waals surface area contributed by atoms with Crippen LogP contribution in [0.15, 0.2) is 71.2 Å². The maximum Gasteiger partial charge on any atom is 0.238 e. The first-order valence-corrected chi connectivity index (χ1v) is 10.8. The van der Waals surface area contributed by atoms with Crippen LogP contribution in [0.1, 0.15) is 34.1 Å². The number of amides is 2. The zero-order chi connectivity index (χ0) is 19.9. The molecule has 0 radical (unpaired) electrons. The lowest BCUT2D eigenvalue weighted by Gasteiger charge is -2.45. The van der Waals surface area contributed by atoms with Gasteiger partial charge in [-0.1, -0.05) is 76.1 Å². The summed E-state index contributed by atoms with van der Waals surface area (Å²) in [6, 6.07) is 21.7. The third-order valence-corrected chi connectivity index (χ3v) is 7.40. The highest BCUT2D eigenvalue weighted by molar-refractivity contribution is 9.10. The molecule has 7 rings (SSSR count). The van der Waals surface area contributed by atoms with Gasteiger partial charge in [-0.25, -0.2) is 4.90 Å². The van der Waals surface area contributed by atoms with Crippen molar-refractivity contribution in [2.75, 3.05) is 4.90 Å². The van der Waals surface area contributed by atoms with E-state index in [-0.39, 0.29) is 23.7 Å². The van der Waals surface area contributed by atoms with Crippen LogP contribution in [0.25, 0.3) is 0 Å². The first-order valence-electron chi connectivity index (χ1n) is 9.58. The third-order valence-electron chi connectivity index (χ3n) is 6.60. The molecule has 3 aromatic carbocycles. The molecular formula is C24H15BrClNO2. The van der Waals surface area contributed by atoms with Crippen LogP contribution in [0, 0.1) is 11.8 Å². The minimum absolute atomic E-state index is 0.104. The van der Waals surface area contributed by atoms with E-state index < -0.39 is 11.8 Å². The molecule has 4 aliphatic rings. The number of anilines is 1. The lowest BCUT2D eigenvalue weighted by Crippen LogP contribution is -2.41. The van der Waals surface area contributed by atoms with Crippen molar-refractivity contribution in [2.24, 2.45) is 11.8 Å². The van der Waals surface area contributed by atoms with Gasteiger partial charge >= 0.3 is 0 Å². The predicted octanol–water partition coefficient (Wildman–Crippen LogP) is 5.50. The summed E-state index contributed by atoms with van der Waals surface area (Å²) in [5.74, 6) is -1.29. The molecule has 3 aliphatic carbocycles. The van der Waals surface area contributed by atoms with Gasteiger partial charge in [-0.3, -0.25) is 9.59 Å². The zero-order valence-electron chi connectivity index (χ0n) is 15.2. The number of carbonyl (C=O) groups excluding carboxylic acids is 2. The summed E-state index contributed by atoms with van der Waals surface area (Å²) in [7, 11) is 0. The highest BCUT2D eigenvalue weighted by Gasteiger charge is 2.61. The lowest BCUT2D eigenvalue weighted by atomic mass is 9.55. The largest absolute Gasteiger partial charge is 0.274 e. The molecule has 2 amide bonds. The van der Waals surface area contributed by atoms with Crippen molar-refractivity contribution in [1.29, 1.82) is 0 Å². The second kappa shape index (κ2) is 6.04. The molecule has 29 heavy (non-hydrogen) atoms. The van der Waals surface area contributed by atoms with E-state index >= 15 is 0 Å². The van der Waals surface area contributed by atoms with Crippen molar-refractivity contribution in [1.82, 2.24) is 0 Å². The molecule has 1 aliphatic heterocycles. The van der Waals surface area contributed by atoms with E-state index in [0.29, 0.717) is 10.7 Å². The molecule has 0 unspecified atom stereocenters. The van der Waals surface area contributed by atoms with Crippen molar-refractivity contribution in [3.05, 3.63) is 98.5 Å². The number of benzene rings is 3. The van der Waals surface area contributed by atoms with Crippen LogP contribution < -0.4 is 4.90 Å². The number of halogens is 2. The minimum atomic E-state index is -0.392. The van der Waals surface area contributed by atoms with E-state index in [1.807, 2.05) is 30.3 Å². The van der Waals surface area contributed by atoms with Gasteiger partial charge in [-0.15, -0.1) is 0 Å². The molecule has 3 nitrogen and oxygen atoms in total. The maximum atomic E-state index is 13.6. The molecule has 1 fully saturated rings. The highest BCUT2D eigenvalue weighted by atomic mass is 79.9. The number of hydrogen-bond acceptors (Lipinski definition) is 2. The lowest BCUT2D eigenvalue weighted by molar-refractivity contribution is -0.122. The van der Waals surface area contributed by atoms with Gasteiger partial charge in [-0.2, -0.15) is 0 Å². The smallest absolute Gasteiger partial charge is 0.238 e. The minimum Gasteiger partial charge on any atom is -0.274 e. The molecule has 2 atom stereocenters. The van der Waals surface area contributed by atoms with Crippen molar-refractivity contribution >= 4 is 45.0 Å². The summed E-state index contributed by atoms with van der Waals surface area (Å²) in [6.45, 7) is 0. The van der Waals surface area contributed by atoms with Crippen molar-refractivity contribution < 1.29 is 9.59 Å². The summed E-state index contributed by atoms with van der Waals surface area (Å²) in [5.41, 5.74) is 5.14. The van der Waals surface area contributed by atoms with Gasteiger partial charge in [0.25, 0.3) is 0 Å². The summed E-state index contributed by atoms with van der Waals surface area (Å²) in [4.78, 5) is 28.6. The summed E-state index contributed by atoms with van der Waals surface area (Å²) < 4.78 is 0.808. The number of nitrogens with zero attached hydrogens (tertiary/aromatic N) is 1. The van der Waals surface area contributed by atoms with Gasteiger partial charge in [0.1, 0.15) is 0 Å². The summed E-state index contributed by atoms with van der Waals surface area (Å²) in [6.07, 6.45) is 0. The SMILES string of the molecule is O=C1[C@@H]2C3c4ccccc4C(c4ccccc43)[C@H]2C(=O)N1c1ccc(Br)cc1Cl. The van der Waals surface area contributed by atoms with Gasteiger partial charge in [0.2, 0.25) is 11.8 Å². The fourth-order valence-electron chi connectivity index (χ4n) is 5.58. The van der Waals surface area contributed by atoms with Crippen LogP contribution in [0.2, 0.25) is 5.02 Å². The normalized spacial score (nSPS) is 26.3. The van der Waals surface area contributed by atoms with Crippen molar-refractivity contribution in [2.45, 2.75) is 11.8 Å². The molecule has 2 bridgehead atoms. The molecule has 0 N–H and O–H groups in total. The summed E-state index contributed by atoms with van der Waals surface area (Å²) in [5, 5.41) is 0.391. The Balaban J connectivity index is 1.57. The Labute approximate surface area is 181 Å². The Morgan fingerprint density at radius 1 is 0.724 bits per heavy atom. The van der Waals surface area contributed by atoms with Crippen LogP contribution >= 0.6 is 27.5 Å². The van der Waals surface area contributed by atoms with E-state index in [1.165, 1.54) is 27.2 Å². The van der Waals surface area contributed by atoms with E-state index in [1.54, 1.807) is 12.1 Å². The number of hydrogen-bond donors (Lipinski definition) is 0. The van der Waals surface area contributed by atoms with Crippen LogP contribution in [-0.2, 0) is 9.59 Å². The van der Waals surface area contributed by atoms with Gasteiger partial charge in [-0.05, 0) is 40.5 Å². The standard InChI is InChI=1S/C24H15BrClNO2/c25-12-9-10-18(17(26)11-12)27-23(28)21-19-13-5-1-2-6-14(13)20(22(21)24(27)29)16-8-4-3-7-15(16)19/h1-11,19-22H/t19?,20?,21-,22-/m1/s1. The third kappa shape index (κ3) is 2.19. The topological polar surface area (TPSA) is 37.4 Å². The van der Waals surface area contributed by atoms with Crippen molar-refractivity contribution in [3.8, 4) is 0 Å². The van der Waals surface area contributed by atoms with Crippen LogP contribution in [0.3, 0.4) is 0 Å². The number of carbonyl (C=O) groups is 2. The Hall–Kier alpha value is -2.43. The van der Waals surface area contributed by atoms with Crippen LogP contribution in [-0.4, -0.2) is 11.8 Å². The molecule has 3 aromatic rings. The number of rotatable bonds is 1. The Morgan fingerprint density at radius 2 is 1.17 bits per heavy atom. The Morgan fingerprint density at radius 3 is 1.59 bits per heavy atom. The van der Waals surface area contributed by atoms with Crippen LogP contribution in [0.5, 0.6) is 0 Å². The zero-order valence-corrected chi connectivity index (χ0v) is 17.5. The van der Waals surface area contributed by atoms with E-state index in [9.17, 15) is 9.59 Å². The quantitative estimate of drug-likeness (QED) is 0.446. The maximum absolute atomic E-state index is 13.6. The van der Waals surface area contributed by atoms with Crippen LogP contribution in [0.4, 0.5) is 5.69 Å². The van der Waals surface area contributed by atoms with Gasteiger partial charge < -0.3 is 0 Å². The second-order valence-corrected chi connectivity index (χ2v) is 9.20. The average Bonchev–Trinajstić information content (AvgIpc) is 2.99. The highest BCUT2D eigenvalue weighted by Crippen LogP contribution is 2.61. The second-order valence-electron chi connectivity index (χ2n) is 7.87. The fraction of sp³-hybridized carbons (Fsp3) is 0.167. The van der Waals surface area contributed by atoms with Gasteiger partial charge in [0.05, 0.1) is 22.5 Å². The molecule has 142 valence electrons. The first kappa shape index (κ1) is 17.4. The Kier molecular flexibility index (Phi) is 3.63. The Bertz CT molecular complexity index is 1110. The molecule has 0 saturated carbocycles. The van der Waals surface area contributed by atoms with Crippen molar-refractivity contribution in [3.63, 3.8) is 0 Å². The van der Waals surface area contributed by atoms with E-state index in [0.717, 1.165) is 4.47 Å². The van der Waals surface area contributed by atoms with Gasteiger partial charge in [0, 0.05) is 16.3 Å². The number of imide groups is 1. The molecule has 0 spiro atoms. The fourth-order valence-corrected chi connectivity index (χ4v) is 6.34. The first-order chi connectivity index (χ1) is 14.1. The van der Waals surface area contributed by atoms with Gasteiger partial charge in [0.15, 0.2) is 0 Å². The van der Waals surface area contributed by atoms with E-state index in [4.69, 9.17) is 11.6 Å². The monoisotopic (exact) mass is 463 g/mol. The summed E-state index contributed by atoms with van der Waals surface area (Å²) >= 11 is 9.82. The predicted molar refractivity (Wildman–Crippen MR) is 115 cm³/mol. The molecule has 5 heteroatoms. The van der Waals surface area contributed by atoms with E-state index in [2.05, 4.69) is 40.2 Å².